The highest BCUT2D eigenvalue weighted by atomic mass is 16.2. The number of rotatable bonds is 11. The predicted molar refractivity (Wildman–Crippen MR) is 74.3 cm³/mol. The van der Waals surface area contributed by atoms with E-state index in [4.69, 9.17) is 5.73 Å². The summed E-state index contributed by atoms with van der Waals surface area (Å²) in [5, 5.41) is 2.72. The summed E-state index contributed by atoms with van der Waals surface area (Å²) in [6.45, 7) is 4.22. The summed E-state index contributed by atoms with van der Waals surface area (Å²) < 4.78 is 0. The molecule has 0 aliphatic rings. The number of carbonyl (C=O) groups is 2. The molecule has 0 aromatic carbocycles. The molecule has 4 heteroatoms. The zero-order valence-electron chi connectivity index (χ0n) is 11.8. The lowest BCUT2D eigenvalue weighted by Crippen LogP contribution is -2.46. The van der Waals surface area contributed by atoms with Crippen LogP contribution in [0.1, 0.15) is 65.2 Å². The Kier molecular flexibility index (Phi) is 10.6. The van der Waals surface area contributed by atoms with Gasteiger partial charge in [0, 0.05) is 0 Å². The van der Waals surface area contributed by atoms with Crippen LogP contribution in [0.25, 0.3) is 0 Å². The fourth-order valence-electron chi connectivity index (χ4n) is 1.82. The van der Waals surface area contributed by atoms with Crippen molar-refractivity contribution < 1.29 is 9.59 Å². The number of nitrogens with two attached hydrogens (primary N) is 1. The van der Waals surface area contributed by atoms with Crippen LogP contribution in [-0.4, -0.2) is 24.3 Å². The van der Waals surface area contributed by atoms with Gasteiger partial charge in [-0.1, -0.05) is 52.4 Å². The molecule has 0 fully saturated rings. The average Bonchev–Trinajstić information content (AvgIpc) is 2.37. The summed E-state index contributed by atoms with van der Waals surface area (Å²) >= 11 is 0. The monoisotopic (exact) mass is 256 g/mol. The van der Waals surface area contributed by atoms with Crippen molar-refractivity contribution in [2.75, 3.05) is 0 Å². The zero-order valence-corrected chi connectivity index (χ0v) is 11.8. The van der Waals surface area contributed by atoms with Gasteiger partial charge in [-0.15, -0.1) is 0 Å². The number of aldehydes is 1. The third-order valence-electron chi connectivity index (χ3n) is 3.07. The third kappa shape index (κ3) is 8.23. The highest BCUT2D eigenvalue weighted by Crippen LogP contribution is 2.04. The molecule has 0 radical (unpaired) electrons. The zero-order chi connectivity index (χ0) is 13.8. The maximum absolute atomic E-state index is 11.7. The lowest BCUT2D eigenvalue weighted by Gasteiger charge is -2.16. The van der Waals surface area contributed by atoms with Crippen molar-refractivity contribution in [2.24, 2.45) is 5.73 Å². The SMILES string of the molecule is CCCCCC(C=O)NC(=O)C(N)CCCCC. The number of amides is 1. The molecule has 3 N–H and O–H groups in total. The van der Waals surface area contributed by atoms with E-state index in [0.29, 0.717) is 12.8 Å². The first-order chi connectivity index (χ1) is 8.65. The Morgan fingerprint density at radius 3 is 2.17 bits per heavy atom. The molecule has 0 aromatic rings. The molecule has 0 aliphatic carbocycles. The second kappa shape index (κ2) is 11.2. The molecule has 0 spiro atoms. The number of hydrogen-bond acceptors (Lipinski definition) is 3. The molecule has 0 rings (SSSR count). The third-order valence-corrected chi connectivity index (χ3v) is 3.07. The van der Waals surface area contributed by atoms with Gasteiger partial charge in [0.1, 0.15) is 6.29 Å². The molecular formula is C14H28N2O2. The van der Waals surface area contributed by atoms with Crippen LogP contribution < -0.4 is 11.1 Å². The molecular weight excluding hydrogens is 228 g/mol. The van der Waals surface area contributed by atoms with Gasteiger partial charge >= 0.3 is 0 Å². The van der Waals surface area contributed by atoms with E-state index in [1.807, 2.05) is 0 Å². The van der Waals surface area contributed by atoms with Crippen LogP contribution in [0.2, 0.25) is 0 Å². The minimum Gasteiger partial charge on any atom is -0.345 e. The fourth-order valence-corrected chi connectivity index (χ4v) is 1.82. The van der Waals surface area contributed by atoms with Crippen molar-refractivity contribution in [3.63, 3.8) is 0 Å². The van der Waals surface area contributed by atoms with Crippen LogP contribution in [0.4, 0.5) is 0 Å². The molecule has 2 unspecified atom stereocenters. The number of carbonyl (C=O) groups excluding carboxylic acids is 2. The van der Waals surface area contributed by atoms with Gasteiger partial charge < -0.3 is 15.8 Å². The van der Waals surface area contributed by atoms with Gasteiger partial charge in [-0.05, 0) is 12.8 Å². The molecule has 18 heavy (non-hydrogen) atoms. The molecule has 0 bridgehead atoms. The van der Waals surface area contributed by atoms with Crippen molar-refractivity contribution >= 4 is 12.2 Å². The van der Waals surface area contributed by atoms with Crippen LogP contribution in [0, 0.1) is 0 Å². The first-order valence-electron chi connectivity index (χ1n) is 7.16. The van der Waals surface area contributed by atoms with Crippen molar-refractivity contribution in [1.29, 1.82) is 0 Å². The Labute approximate surface area is 111 Å². The lowest BCUT2D eigenvalue weighted by molar-refractivity contribution is -0.125. The molecule has 0 aliphatic heterocycles. The Balaban J connectivity index is 3.89. The van der Waals surface area contributed by atoms with Crippen LogP contribution in [0.3, 0.4) is 0 Å². The number of unbranched alkanes of at least 4 members (excludes halogenated alkanes) is 4. The van der Waals surface area contributed by atoms with Gasteiger partial charge in [0.25, 0.3) is 0 Å². The maximum atomic E-state index is 11.7. The molecule has 0 saturated carbocycles. The standard InChI is InChI=1S/C14H28N2O2/c1-3-5-7-9-12(11-17)16-14(18)13(15)10-8-6-4-2/h11-13H,3-10,15H2,1-2H3,(H,16,18). The minimum absolute atomic E-state index is 0.195. The number of hydrogen-bond donors (Lipinski definition) is 2. The van der Waals surface area contributed by atoms with E-state index in [0.717, 1.165) is 44.8 Å². The Bertz CT molecular complexity index is 232. The second-order valence-corrected chi connectivity index (χ2v) is 4.85. The Morgan fingerprint density at radius 1 is 1.11 bits per heavy atom. The van der Waals surface area contributed by atoms with Crippen LogP contribution in [0.15, 0.2) is 0 Å². The predicted octanol–water partition coefficient (Wildman–Crippen LogP) is 2.16. The van der Waals surface area contributed by atoms with Gasteiger partial charge in [0.2, 0.25) is 5.91 Å². The summed E-state index contributed by atoms with van der Waals surface area (Å²) in [6, 6.07) is -0.855. The van der Waals surface area contributed by atoms with Crippen molar-refractivity contribution in [3.05, 3.63) is 0 Å². The summed E-state index contributed by atoms with van der Waals surface area (Å²) in [5.41, 5.74) is 5.79. The first-order valence-corrected chi connectivity index (χ1v) is 7.16. The second-order valence-electron chi connectivity index (χ2n) is 4.85. The molecule has 0 saturated heterocycles. The first kappa shape index (κ1) is 17.1. The van der Waals surface area contributed by atoms with Crippen LogP contribution in [-0.2, 0) is 9.59 Å². The summed E-state index contributed by atoms with van der Waals surface area (Å²) in [5.74, 6) is -0.195. The van der Waals surface area contributed by atoms with Gasteiger partial charge in [-0.3, -0.25) is 4.79 Å². The Morgan fingerprint density at radius 2 is 1.67 bits per heavy atom. The van der Waals surface area contributed by atoms with E-state index in [1.54, 1.807) is 0 Å². The largest absolute Gasteiger partial charge is 0.345 e. The van der Waals surface area contributed by atoms with E-state index in [1.165, 1.54) is 0 Å². The quantitative estimate of drug-likeness (QED) is 0.439. The van der Waals surface area contributed by atoms with E-state index < -0.39 is 6.04 Å². The van der Waals surface area contributed by atoms with Gasteiger partial charge in [0.05, 0.1) is 12.1 Å². The lowest BCUT2D eigenvalue weighted by atomic mass is 10.1. The molecule has 4 nitrogen and oxygen atoms in total. The van der Waals surface area contributed by atoms with Crippen LogP contribution >= 0.6 is 0 Å². The summed E-state index contributed by atoms with van der Waals surface area (Å²) in [7, 11) is 0. The van der Waals surface area contributed by atoms with Crippen LogP contribution in [0.5, 0.6) is 0 Å². The van der Waals surface area contributed by atoms with Gasteiger partial charge in [-0.2, -0.15) is 0 Å². The molecule has 1 amide bonds. The van der Waals surface area contributed by atoms with Crippen molar-refractivity contribution in [2.45, 2.75) is 77.3 Å². The molecule has 2 atom stereocenters. The van der Waals surface area contributed by atoms with E-state index in [9.17, 15) is 9.59 Å². The molecule has 0 heterocycles. The average molecular weight is 256 g/mol. The van der Waals surface area contributed by atoms with E-state index >= 15 is 0 Å². The van der Waals surface area contributed by atoms with Gasteiger partial charge in [0.15, 0.2) is 0 Å². The fraction of sp³-hybridized carbons (Fsp3) is 0.857. The number of nitrogens with one attached hydrogen (secondary N) is 1. The minimum atomic E-state index is -0.481. The highest BCUT2D eigenvalue weighted by Gasteiger charge is 2.16. The summed E-state index contributed by atoms with van der Waals surface area (Å²) in [4.78, 5) is 22.6. The topological polar surface area (TPSA) is 72.2 Å². The Hall–Kier alpha value is -0.900. The van der Waals surface area contributed by atoms with Gasteiger partial charge in [-0.25, -0.2) is 0 Å². The normalized spacial score (nSPS) is 13.9. The molecule has 106 valence electrons. The molecule has 0 aromatic heterocycles. The van der Waals surface area contributed by atoms with E-state index in [2.05, 4.69) is 19.2 Å². The summed E-state index contributed by atoms with van der Waals surface area (Å²) in [6.07, 6.45) is 8.55. The highest BCUT2D eigenvalue weighted by molar-refractivity contribution is 5.84. The maximum Gasteiger partial charge on any atom is 0.237 e. The van der Waals surface area contributed by atoms with Crippen molar-refractivity contribution in [1.82, 2.24) is 5.32 Å². The smallest absolute Gasteiger partial charge is 0.237 e. The van der Waals surface area contributed by atoms with Crippen molar-refractivity contribution in [3.8, 4) is 0 Å². The van der Waals surface area contributed by atoms with E-state index in [-0.39, 0.29) is 11.9 Å².